The molecule has 0 amide bonds. The van der Waals surface area contributed by atoms with Crippen LogP contribution in [0.1, 0.15) is 0 Å². The average molecular weight is 190 g/mol. The first-order chi connectivity index (χ1) is 6.77. The molecule has 1 aromatic carbocycles. The Bertz CT molecular complexity index is 417. The van der Waals surface area contributed by atoms with Gasteiger partial charge in [0.25, 0.3) is 0 Å². The van der Waals surface area contributed by atoms with E-state index in [4.69, 9.17) is 10.0 Å². The van der Waals surface area contributed by atoms with Crippen molar-refractivity contribution < 1.29 is 10.0 Å². The molecule has 7 heteroatoms. The molecule has 0 aliphatic carbocycles. The van der Waals surface area contributed by atoms with Gasteiger partial charge in [-0.2, -0.15) is 0 Å². The molecule has 0 spiro atoms. The monoisotopic (exact) mass is 190 g/mol. The first-order valence-corrected chi connectivity index (χ1v) is 3.97. The van der Waals surface area contributed by atoms with Crippen LogP contribution in [0.2, 0.25) is 0 Å². The zero-order chi connectivity index (χ0) is 9.97. The molecule has 0 fully saturated rings. The highest BCUT2D eigenvalue weighted by atomic mass is 16.4. The van der Waals surface area contributed by atoms with Gasteiger partial charge in [0.15, 0.2) is 0 Å². The number of rotatable bonds is 2. The summed E-state index contributed by atoms with van der Waals surface area (Å²) in [5, 5.41) is 28.5. The lowest BCUT2D eigenvalue weighted by Crippen LogP contribution is -2.29. The second-order valence-electron chi connectivity index (χ2n) is 2.72. The highest BCUT2D eigenvalue weighted by Crippen LogP contribution is 2.01. The fourth-order valence-electron chi connectivity index (χ4n) is 1.11. The van der Waals surface area contributed by atoms with Gasteiger partial charge in [0.1, 0.15) is 6.33 Å². The minimum atomic E-state index is -1.48. The van der Waals surface area contributed by atoms with Crippen molar-refractivity contribution in [3.63, 3.8) is 0 Å². The van der Waals surface area contributed by atoms with Gasteiger partial charge in [0.05, 0.1) is 5.69 Å². The van der Waals surface area contributed by atoms with Crippen LogP contribution in [0.3, 0.4) is 0 Å². The Hall–Kier alpha value is -1.73. The molecule has 1 aromatic heterocycles. The van der Waals surface area contributed by atoms with E-state index in [-0.39, 0.29) is 0 Å². The van der Waals surface area contributed by atoms with Crippen LogP contribution in [-0.2, 0) is 0 Å². The fraction of sp³-hybridized carbons (Fsp3) is 0. The van der Waals surface area contributed by atoms with Gasteiger partial charge < -0.3 is 10.0 Å². The molecule has 0 aliphatic rings. The molecule has 2 rings (SSSR count). The van der Waals surface area contributed by atoms with E-state index in [1.165, 1.54) is 11.0 Å². The number of hydrogen-bond acceptors (Lipinski definition) is 5. The molecule has 14 heavy (non-hydrogen) atoms. The van der Waals surface area contributed by atoms with Crippen molar-refractivity contribution in [3.8, 4) is 5.69 Å². The Morgan fingerprint density at radius 2 is 2.14 bits per heavy atom. The van der Waals surface area contributed by atoms with Gasteiger partial charge in [0, 0.05) is 0 Å². The van der Waals surface area contributed by atoms with Crippen molar-refractivity contribution in [3.05, 3.63) is 30.6 Å². The largest absolute Gasteiger partial charge is 0.488 e. The van der Waals surface area contributed by atoms with Gasteiger partial charge >= 0.3 is 7.12 Å². The zero-order valence-corrected chi connectivity index (χ0v) is 7.15. The van der Waals surface area contributed by atoms with Gasteiger partial charge in [-0.25, -0.2) is 4.68 Å². The molecule has 0 unspecified atom stereocenters. The number of benzene rings is 1. The summed E-state index contributed by atoms with van der Waals surface area (Å²) >= 11 is 0. The lowest BCUT2D eigenvalue weighted by molar-refractivity contribution is 0.425. The lowest BCUT2D eigenvalue weighted by atomic mass is 9.80. The van der Waals surface area contributed by atoms with E-state index in [0.29, 0.717) is 11.2 Å². The van der Waals surface area contributed by atoms with Gasteiger partial charge in [-0.15, -0.1) is 5.10 Å². The van der Waals surface area contributed by atoms with E-state index in [0.717, 1.165) is 0 Å². The third-order valence-corrected chi connectivity index (χ3v) is 1.78. The molecule has 2 aromatic rings. The predicted octanol–water partition coefficient (Wildman–Crippen LogP) is -1.66. The van der Waals surface area contributed by atoms with E-state index < -0.39 is 7.12 Å². The molecule has 6 nitrogen and oxygen atoms in total. The quantitative estimate of drug-likeness (QED) is 0.553. The molecule has 0 radical (unpaired) electrons. The van der Waals surface area contributed by atoms with Crippen molar-refractivity contribution in [1.82, 2.24) is 20.2 Å². The number of hydrogen-bond donors (Lipinski definition) is 2. The molecule has 2 N–H and O–H groups in total. The van der Waals surface area contributed by atoms with E-state index >= 15 is 0 Å². The van der Waals surface area contributed by atoms with Crippen LogP contribution in [0, 0.1) is 0 Å². The molecule has 0 bridgehead atoms. The Morgan fingerprint density at radius 3 is 2.79 bits per heavy atom. The maximum atomic E-state index is 8.94. The van der Waals surface area contributed by atoms with Crippen LogP contribution in [0.4, 0.5) is 0 Å². The molecule has 0 saturated carbocycles. The summed E-state index contributed by atoms with van der Waals surface area (Å²) in [5.74, 6) is 0. The number of tetrazole rings is 1. The highest BCUT2D eigenvalue weighted by Gasteiger charge is 2.11. The van der Waals surface area contributed by atoms with Crippen molar-refractivity contribution in [2.24, 2.45) is 0 Å². The van der Waals surface area contributed by atoms with Crippen molar-refractivity contribution in [2.75, 3.05) is 0 Å². The summed E-state index contributed by atoms with van der Waals surface area (Å²) in [6.07, 6.45) is 1.43. The van der Waals surface area contributed by atoms with E-state index in [1.54, 1.807) is 24.3 Å². The summed E-state index contributed by atoms with van der Waals surface area (Å²) in [4.78, 5) is 0. The molecule has 1 heterocycles. The lowest BCUT2D eigenvalue weighted by Gasteiger charge is -2.02. The molecular formula is C7H7BN4O2. The summed E-state index contributed by atoms with van der Waals surface area (Å²) in [6.45, 7) is 0. The average Bonchev–Trinajstić information content (AvgIpc) is 2.71. The Balaban J connectivity index is 2.41. The second kappa shape index (κ2) is 3.56. The third kappa shape index (κ3) is 1.63. The smallest absolute Gasteiger partial charge is 0.423 e. The Kier molecular flexibility index (Phi) is 2.25. The first kappa shape index (κ1) is 8.85. The van der Waals surface area contributed by atoms with Crippen LogP contribution in [0.15, 0.2) is 30.6 Å². The maximum absolute atomic E-state index is 8.94. The van der Waals surface area contributed by atoms with E-state index in [2.05, 4.69) is 15.5 Å². The van der Waals surface area contributed by atoms with Crippen LogP contribution in [-0.4, -0.2) is 37.4 Å². The van der Waals surface area contributed by atoms with E-state index in [1.807, 2.05) is 0 Å². The highest BCUT2D eigenvalue weighted by molar-refractivity contribution is 6.58. The molecule has 0 aliphatic heterocycles. The van der Waals surface area contributed by atoms with E-state index in [9.17, 15) is 0 Å². The number of nitrogens with zero attached hydrogens (tertiary/aromatic N) is 4. The molecule has 0 saturated heterocycles. The summed E-state index contributed by atoms with van der Waals surface area (Å²) in [7, 11) is -1.48. The molecular weight excluding hydrogens is 183 g/mol. The summed E-state index contributed by atoms with van der Waals surface area (Å²) in [5.41, 5.74) is 1.08. The van der Waals surface area contributed by atoms with Crippen LogP contribution in [0.25, 0.3) is 5.69 Å². The first-order valence-electron chi connectivity index (χ1n) is 3.97. The van der Waals surface area contributed by atoms with Crippen LogP contribution in [0.5, 0.6) is 0 Å². The van der Waals surface area contributed by atoms with Gasteiger partial charge in [-0.05, 0) is 28.0 Å². The Labute approximate surface area is 80.0 Å². The molecule has 0 atom stereocenters. The minimum Gasteiger partial charge on any atom is -0.423 e. The standard InChI is InChI=1S/C7H7BN4O2/c13-8(14)6-2-1-3-7(4-6)12-5-9-10-11-12/h1-5,13-14H. The van der Waals surface area contributed by atoms with Crippen LogP contribution < -0.4 is 5.46 Å². The Morgan fingerprint density at radius 1 is 1.29 bits per heavy atom. The van der Waals surface area contributed by atoms with Gasteiger partial charge in [0.2, 0.25) is 0 Å². The van der Waals surface area contributed by atoms with Crippen molar-refractivity contribution >= 4 is 12.6 Å². The predicted molar refractivity (Wildman–Crippen MR) is 49.0 cm³/mol. The van der Waals surface area contributed by atoms with Crippen molar-refractivity contribution in [1.29, 1.82) is 0 Å². The number of aromatic nitrogens is 4. The fourth-order valence-corrected chi connectivity index (χ4v) is 1.11. The normalized spacial score (nSPS) is 10.1. The molecule has 70 valence electrons. The zero-order valence-electron chi connectivity index (χ0n) is 7.15. The summed E-state index contributed by atoms with van der Waals surface area (Å²) < 4.78 is 1.44. The van der Waals surface area contributed by atoms with Gasteiger partial charge in [-0.1, -0.05) is 12.1 Å². The second-order valence-corrected chi connectivity index (χ2v) is 2.72. The van der Waals surface area contributed by atoms with Crippen LogP contribution >= 0.6 is 0 Å². The maximum Gasteiger partial charge on any atom is 0.488 e. The van der Waals surface area contributed by atoms with Gasteiger partial charge in [-0.3, -0.25) is 0 Å². The third-order valence-electron chi connectivity index (χ3n) is 1.78. The topological polar surface area (TPSA) is 84.1 Å². The SMILES string of the molecule is OB(O)c1cccc(-n2cnnn2)c1. The minimum absolute atomic E-state index is 0.401. The van der Waals surface area contributed by atoms with Crippen molar-refractivity contribution in [2.45, 2.75) is 0 Å². The summed E-state index contributed by atoms with van der Waals surface area (Å²) in [6, 6.07) is 6.67.